The normalized spacial score (nSPS) is 19.2. The van der Waals surface area contributed by atoms with Gasteiger partial charge in [0, 0.05) is 12.7 Å². The van der Waals surface area contributed by atoms with Crippen LogP contribution in [0.1, 0.15) is 50.6 Å². The highest BCUT2D eigenvalue weighted by Crippen LogP contribution is 2.43. The molecule has 1 aliphatic rings. The third kappa shape index (κ3) is 3.07. The molecule has 2 rings (SSSR count). The van der Waals surface area contributed by atoms with Crippen molar-refractivity contribution in [2.75, 3.05) is 13.7 Å². The summed E-state index contributed by atoms with van der Waals surface area (Å²) in [7, 11) is 1.75. The van der Waals surface area contributed by atoms with Gasteiger partial charge in [0.15, 0.2) is 0 Å². The lowest BCUT2D eigenvalue weighted by Gasteiger charge is -2.37. The molecule has 1 fully saturated rings. The van der Waals surface area contributed by atoms with Gasteiger partial charge in [0.05, 0.1) is 16.1 Å². The molecule has 20 heavy (non-hydrogen) atoms. The van der Waals surface area contributed by atoms with Gasteiger partial charge in [-0.2, -0.15) is 0 Å². The number of hydrogen-bond donors (Lipinski definition) is 1. The molecule has 0 aliphatic heterocycles. The molecule has 1 saturated carbocycles. The molecule has 4 heteroatoms. The molecule has 1 aromatic carbocycles. The quantitative estimate of drug-likeness (QED) is 0.815. The van der Waals surface area contributed by atoms with E-state index in [0.29, 0.717) is 10.0 Å². The van der Waals surface area contributed by atoms with Crippen LogP contribution in [0, 0.1) is 5.82 Å². The van der Waals surface area contributed by atoms with Gasteiger partial charge in [-0.1, -0.05) is 31.9 Å². The average molecular weight is 344 g/mol. The molecule has 1 N–H and O–H groups in total. The van der Waals surface area contributed by atoms with Crippen molar-refractivity contribution in [3.8, 4) is 0 Å². The van der Waals surface area contributed by atoms with E-state index < -0.39 is 0 Å². The maximum Gasteiger partial charge on any atom is 0.142 e. The monoisotopic (exact) mass is 343 g/mol. The van der Waals surface area contributed by atoms with E-state index in [1.807, 2.05) is 12.1 Å². The first-order valence-electron chi connectivity index (χ1n) is 7.37. The number of halogens is 2. The predicted molar refractivity (Wildman–Crippen MR) is 83.3 cm³/mol. The Bertz CT molecular complexity index is 446. The Balaban J connectivity index is 2.38. The minimum atomic E-state index is -0.281. The summed E-state index contributed by atoms with van der Waals surface area (Å²) in [5, 5.41) is 3.50. The van der Waals surface area contributed by atoms with Crippen LogP contribution < -0.4 is 5.32 Å². The molecule has 0 amide bonds. The van der Waals surface area contributed by atoms with Crippen molar-refractivity contribution in [3.63, 3.8) is 0 Å². The lowest BCUT2D eigenvalue weighted by Crippen LogP contribution is -2.44. The van der Waals surface area contributed by atoms with Crippen molar-refractivity contribution in [2.24, 2.45) is 0 Å². The zero-order valence-electron chi connectivity index (χ0n) is 12.2. The van der Waals surface area contributed by atoms with E-state index in [4.69, 9.17) is 4.74 Å². The topological polar surface area (TPSA) is 21.3 Å². The molecule has 1 aliphatic carbocycles. The number of nitrogens with one attached hydrogen (secondary N) is 1. The van der Waals surface area contributed by atoms with Gasteiger partial charge in [-0.15, -0.1) is 0 Å². The number of hydrogen-bond acceptors (Lipinski definition) is 2. The summed E-state index contributed by atoms with van der Waals surface area (Å²) < 4.78 is 20.9. The van der Waals surface area contributed by atoms with Crippen LogP contribution in [-0.4, -0.2) is 19.3 Å². The average Bonchev–Trinajstić information content (AvgIpc) is 2.93. The fraction of sp³-hybridized carbons (Fsp3) is 0.625. The van der Waals surface area contributed by atoms with Gasteiger partial charge in [0.25, 0.3) is 0 Å². The molecule has 0 heterocycles. The minimum Gasteiger partial charge on any atom is -0.376 e. The maximum absolute atomic E-state index is 14.5. The molecular weight excluding hydrogens is 321 g/mol. The number of ether oxygens (including phenoxy) is 1. The summed E-state index contributed by atoms with van der Waals surface area (Å²) in [6, 6.07) is 5.41. The third-order valence-electron chi connectivity index (χ3n) is 4.27. The molecule has 112 valence electrons. The Labute approximate surface area is 129 Å². The SMILES string of the molecule is CCCNC(c1cccc(Br)c1F)C1(OC)CCCC1. The fourth-order valence-corrected chi connectivity index (χ4v) is 3.58. The lowest BCUT2D eigenvalue weighted by molar-refractivity contribution is -0.0376. The zero-order chi connectivity index (χ0) is 14.6. The summed E-state index contributed by atoms with van der Waals surface area (Å²) in [6.07, 6.45) is 5.28. The van der Waals surface area contributed by atoms with E-state index in [1.165, 1.54) is 0 Å². The Morgan fingerprint density at radius 1 is 1.40 bits per heavy atom. The van der Waals surface area contributed by atoms with Crippen molar-refractivity contribution in [1.82, 2.24) is 5.32 Å². The summed E-state index contributed by atoms with van der Waals surface area (Å²) in [4.78, 5) is 0. The van der Waals surface area contributed by atoms with Crippen LogP contribution in [0.5, 0.6) is 0 Å². The molecule has 0 saturated heterocycles. The van der Waals surface area contributed by atoms with E-state index >= 15 is 0 Å². The van der Waals surface area contributed by atoms with Crippen LogP contribution >= 0.6 is 15.9 Å². The molecule has 1 unspecified atom stereocenters. The first kappa shape index (κ1) is 15.9. The number of methoxy groups -OCH3 is 1. The molecule has 0 bridgehead atoms. The van der Waals surface area contributed by atoms with Gasteiger partial charge in [-0.3, -0.25) is 0 Å². The molecule has 0 aromatic heterocycles. The second-order valence-electron chi connectivity index (χ2n) is 5.51. The largest absolute Gasteiger partial charge is 0.376 e. The highest BCUT2D eigenvalue weighted by Gasteiger charge is 2.43. The Hall–Kier alpha value is -0.450. The van der Waals surface area contributed by atoms with Crippen LogP contribution in [0.4, 0.5) is 4.39 Å². The molecule has 0 spiro atoms. The first-order valence-corrected chi connectivity index (χ1v) is 8.16. The maximum atomic E-state index is 14.5. The zero-order valence-corrected chi connectivity index (χ0v) is 13.8. The Morgan fingerprint density at radius 3 is 2.70 bits per heavy atom. The van der Waals surface area contributed by atoms with Crippen molar-refractivity contribution in [1.29, 1.82) is 0 Å². The summed E-state index contributed by atoms with van der Waals surface area (Å²) in [6.45, 7) is 2.98. The summed E-state index contributed by atoms with van der Waals surface area (Å²) in [5.74, 6) is -0.176. The van der Waals surface area contributed by atoms with E-state index in [1.54, 1.807) is 13.2 Å². The van der Waals surface area contributed by atoms with Crippen molar-refractivity contribution in [2.45, 2.75) is 50.7 Å². The summed E-state index contributed by atoms with van der Waals surface area (Å²) >= 11 is 3.29. The van der Waals surface area contributed by atoms with Crippen LogP contribution in [0.15, 0.2) is 22.7 Å². The van der Waals surface area contributed by atoms with Crippen LogP contribution in [0.2, 0.25) is 0 Å². The standard InChI is InChI=1S/C16H23BrFNO/c1-3-11-19-15(16(20-2)9-4-5-10-16)12-7-6-8-13(17)14(12)18/h6-8,15,19H,3-5,9-11H2,1-2H3. The highest BCUT2D eigenvalue weighted by atomic mass is 79.9. The van der Waals surface area contributed by atoms with Crippen LogP contribution in [0.3, 0.4) is 0 Å². The smallest absolute Gasteiger partial charge is 0.142 e. The second-order valence-corrected chi connectivity index (χ2v) is 6.36. The fourth-order valence-electron chi connectivity index (χ4n) is 3.20. The van der Waals surface area contributed by atoms with Crippen LogP contribution in [0.25, 0.3) is 0 Å². The molecule has 0 radical (unpaired) electrons. The minimum absolute atomic E-state index is 0.0903. The van der Waals surface area contributed by atoms with Gasteiger partial charge in [-0.25, -0.2) is 4.39 Å². The van der Waals surface area contributed by atoms with Gasteiger partial charge in [0.1, 0.15) is 5.82 Å². The molecular formula is C16H23BrFNO. The first-order chi connectivity index (χ1) is 9.64. The third-order valence-corrected chi connectivity index (χ3v) is 4.89. The predicted octanol–water partition coefficient (Wildman–Crippen LogP) is 4.59. The number of rotatable bonds is 6. The van der Waals surface area contributed by atoms with E-state index in [9.17, 15) is 4.39 Å². The van der Waals surface area contributed by atoms with Gasteiger partial charge in [0.2, 0.25) is 0 Å². The van der Waals surface area contributed by atoms with Gasteiger partial charge < -0.3 is 10.1 Å². The Kier molecular flexibility index (Phi) is 5.58. The van der Waals surface area contributed by atoms with Crippen molar-refractivity contribution in [3.05, 3.63) is 34.1 Å². The van der Waals surface area contributed by atoms with Crippen molar-refractivity contribution < 1.29 is 9.13 Å². The van der Waals surface area contributed by atoms with Crippen molar-refractivity contribution >= 4 is 15.9 Å². The Morgan fingerprint density at radius 2 is 2.10 bits per heavy atom. The number of benzene rings is 1. The van der Waals surface area contributed by atoms with E-state index in [2.05, 4.69) is 28.2 Å². The molecule has 2 nitrogen and oxygen atoms in total. The highest BCUT2D eigenvalue weighted by molar-refractivity contribution is 9.10. The van der Waals surface area contributed by atoms with Gasteiger partial charge >= 0.3 is 0 Å². The summed E-state index contributed by atoms with van der Waals surface area (Å²) in [5.41, 5.74) is 0.424. The van der Waals surface area contributed by atoms with E-state index in [-0.39, 0.29) is 17.5 Å². The van der Waals surface area contributed by atoms with E-state index in [0.717, 1.165) is 38.6 Å². The molecule has 1 aromatic rings. The van der Waals surface area contributed by atoms with Crippen LogP contribution in [-0.2, 0) is 4.74 Å². The lowest BCUT2D eigenvalue weighted by atomic mass is 9.86. The second kappa shape index (κ2) is 7.01. The molecule has 1 atom stereocenters. The van der Waals surface area contributed by atoms with Gasteiger partial charge in [-0.05, 0) is 47.8 Å².